The maximum Gasteiger partial charge on any atom is 0.189 e. The smallest absolute Gasteiger partial charge is 0.189 e. The number of hydrogen-bond acceptors (Lipinski definition) is 10. The largest absolute Gasteiger partial charge is 0.394 e. The fourth-order valence-electron chi connectivity index (χ4n) is 3.07. The molecule has 2 aliphatic heterocycles. The number of ether oxygens (including phenoxy) is 3. The molecule has 2 saturated heterocycles. The Kier molecular flexibility index (Phi) is 6.53. The van der Waals surface area contributed by atoms with Gasteiger partial charge < -0.3 is 50.0 Å². The van der Waals surface area contributed by atoms with Crippen LogP contribution in [0.25, 0.3) is 0 Å². The van der Waals surface area contributed by atoms with E-state index in [1.807, 2.05) is 0 Å². The van der Waals surface area contributed by atoms with E-state index < -0.39 is 67.6 Å². The third kappa shape index (κ3) is 3.88. The lowest BCUT2D eigenvalue weighted by Gasteiger charge is -2.40. The van der Waals surface area contributed by atoms with Gasteiger partial charge in [-0.2, -0.15) is 0 Å². The van der Waals surface area contributed by atoms with Gasteiger partial charge in [-0.3, -0.25) is 0 Å². The third-order valence-electron chi connectivity index (χ3n) is 4.59. The van der Waals surface area contributed by atoms with Gasteiger partial charge in [0.15, 0.2) is 5.79 Å². The highest BCUT2D eigenvalue weighted by atomic mass is 16.7. The summed E-state index contributed by atoms with van der Waals surface area (Å²) in [4.78, 5) is 0. The summed E-state index contributed by atoms with van der Waals surface area (Å²) in [5.74, 6) is -2.50. The molecule has 2 aliphatic rings. The summed E-state index contributed by atoms with van der Waals surface area (Å²) in [6, 6.07) is 0. The van der Waals surface area contributed by atoms with E-state index in [9.17, 15) is 30.6 Å². The zero-order chi connectivity index (χ0) is 18.1. The molecule has 0 spiro atoms. The Balaban J connectivity index is 1.89. The molecule has 0 saturated carbocycles. The number of aliphatic hydroxyl groups is 7. The summed E-state index contributed by atoms with van der Waals surface area (Å²) in [6.07, 6.45) is -8.45. The van der Waals surface area contributed by atoms with Crippen molar-refractivity contribution in [2.45, 2.75) is 55.4 Å². The first-order valence-corrected chi connectivity index (χ1v) is 7.80. The van der Waals surface area contributed by atoms with Crippen LogP contribution in [-0.2, 0) is 14.2 Å². The number of rotatable bonds is 6. The molecule has 9 atom stereocenters. The Morgan fingerprint density at radius 3 is 2.04 bits per heavy atom. The molecule has 0 amide bonds. The van der Waals surface area contributed by atoms with E-state index in [-0.39, 0.29) is 13.2 Å². The van der Waals surface area contributed by atoms with Gasteiger partial charge in [0, 0.05) is 5.92 Å². The van der Waals surface area contributed by atoms with Crippen molar-refractivity contribution >= 4 is 0 Å². The van der Waals surface area contributed by atoms with Crippen molar-refractivity contribution in [3.05, 3.63) is 0 Å². The van der Waals surface area contributed by atoms with Gasteiger partial charge in [-0.05, 0) is 6.92 Å². The molecule has 7 N–H and O–H groups in total. The van der Waals surface area contributed by atoms with Crippen molar-refractivity contribution in [3.63, 3.8) is 0 Å². The van der Waals surface area contributed by atoms with Crippen LogP contribution in [0, 0.1) is 5.92 Å². The molecule has 0 bridgehead atoms. The van der Waals surface area contributed by atoms with E-state index in [2.05, 4.69) is 0 Å². The summed E-state index contributed by atoms with van der Waals surface area (Å²) < 4.78 is 15.8. The Morgan fingerprint density at radius 1 is 0.875 bits per heavy atom. The van der Waals surface area contributed by atoms with Gasteiger partial charge in [-0.15, -0.1) is 0 Å². The maximum atomic E-state index is 10.0. The van der Waals surface area contributed by atoms with Crippen LogP contribution in [0.1, 0.15) is 6.92 Å². The lowest BCUT2D eigenvalue weighted by molar-refractivity contribution is -0.240. The Morgan fingerprint density at radius 2 is 1.46 bits per heavy atom. The predicted molar refractivity (Wildman–Crippen MR) is 76.7 cm³/mol. The molecule has 0 aliphatic carbocycles. The van der Waals surface area contributed by atoms with E-state index >= 15 is 0 Å². The first-order chi connectivity index (χ1) is 11.2. The highest BCUT2D eigenvalue weighted by molar-refractivity contribution is 4.94. The summed E-state index contributed by atoms with van der Waals surface area (Å²) in [6.45, 7) is 0.0355. The zero-order valence-electron chi connectivity index (χ0n) is 13.3. The minimum atomic E-state index is -1.80. The molecule has 0 aromatic heterocycles. The minimum absolute atomic E-state index is 0.0996. The average Bonchev–Trinajstić information content (AvgIpc) is 2.77. The molecule has 0 radical (unpaired) electrons. The van der Waals surface area contributed by atoms with Crippen LogP contribution in [-0.4, -0.2) is 111 Å². The second-order valence-electron chi connectivity index (χ2n) is 6.41. The fraction of sp³-hybridized carbons (Fsp3) is 1.00. The highest BCUT2D eigenvalue weighted by Crippen LogP contribution is 2.33. The summed E-state index contributed by atoms with van der Waals surface area (Å²) in [7, 11) is 0. The molecule has 0 aromatic rings. The van der Waals surface area contributed by atoms with Crippen LogP contribution in [0.15, 0.2) is 0 Å². The average molecular weight is 354 g/mol. The normalized spacial score (nSPS) is 49.5. The van der Waals surface area contributed by atoms with Gasteiger partial charge in [0.25, 0.3) is 0 Å². The van der Waals surface area contributed by atoms with Gasteiger partial charge in [-0.25, -0.2) is 0 Å². The van der Waals surface area contributed by atoms with Crippen molar-refractivity contribution in [1.82, 2.24) is 0 Å². The first kappa shape index (κ1) is 19.9. The second kappa shape index (κ2) is 7.87. The standard InChI is InChI=1S/C14H26O10/c1-14(21)13(20)6(7(2-15)24-14)4-22-5-9-11(18)12(19)10(17)8(3-16)23-9/h6-13,15-21H,2-5H2,1H3/t6-,7?,8?,9+,10+,11?,12?,13?,14?/m1/s1. The van der Waals surface area contributed by atoms with Crippen molar-refractivity contribution in [3.8, 4) is 0 Å². The van der Waals surface area contributed by atoms with Crippen LogP contribution in [0.4, 0.5) is 0 Å². The monoisotopic (exact) mass is 354 g/mol. The van der Waals surface area contributed by atoms with E-state index in [0.717, 1.165) is 0 Å². The van der Waals surface area contributed by atoms with Crippen LogP contribution in [0.5, 0.6) is 0 Å². The Labute approximate surface area is 138 Å². The van der Waals surface area contributed by atoms with E-state index in [4.69, 9.17) is 19.3 Å². The minimum Gasteiger partial charge on any atom is -0.394 e. The predicted octanol–water partition coefficient (Wildman–Crippen LogP) is -4.08. The van der Waals surface area contributed by atoms with E-state index in [0.29, 0.717) is 0 Å². The molecule has 2 rings (SSSR count). The molecule has 0 aromatic carbocycles. The first-order valence-electron chi connectivity index (χ1n) is 7.80. The maximum absolute atomic E-state index is 10.0. The zero-order valence-corrected chi connectivity index (χ0v) is 13.3. The Bertz CT molecular complexity index is 403. The molecular weight excluding hydrogens is 328 g/mol. The van der Waals surface area contributed by atoms with Crippen LogP contribution < -0.4 is 0 Å². The van der Waals surface area contributed by atoms with Crippen LogP contribution >= 0.6 is 0 Å². The molecule has 24 heavy (non-hydrogen) atoms. The molecule has 10 heteroatoms. The molecule has 10 nitrogen and oxygen atoms in total. The number of aliphatic hydroxyl groups excluding tert-OH is 6. The van der Waals surface area contributed by atoms with Gasteiger partial charge in [0.2, 0.25) is 0 Å². The molecule has 2 heterocycles. The van der Waals surface area contributed by atoms with Gasteiger partial charge in [-0.1, -0.05) is 0 Å². The van der Waals surface area contributed by atoms with E-state index in [1.165, 1.54) is 6.92 Å². The van der Waals surface area contributed by atoms with Crippen LogP contribution in [0.3, 0.4) is 0 Å². The third-order valence-corrected chi connectivity index (χ3v) is 4.59. The second-order valence-corrected chi connectivity index (χ2v) is 6.41. The van der Waals surface area contributed by atoms with Crippen molar-refractivity contribution in [2.24, 2.45) is 5.92 Å². The van der Waals surface area contributed by atoms with Gasteiger partial charge >= 0.3 is 0 Å². The summed E-state index contributed by atoms with van der Waals surface area (Å²) in [5, 5.41) is 67.5. The molecule has 142 valence electrons. The van der Waals surface area contributed by atoms with Gasteiger partial charge in [0.05, 0.1) is 32.5 Å². The van der Waals surface area contributed by atoms with E-state index in [1.54, 1.807) is 0 Å². The lowest BCUT2D eigenvalue weighted by atomic mass is 9.95. The topological polar surface area (TPSA) is 169 Å². The highest BCUT2D eigenvalue weighted by Gasteiger charge is 2.50. The SMILES string of the molecule is CC1(O)OC(CO)[C@@H](COC[C@@H]2OC(CO)[C@H](O)C(O)C2O)C1O. The molecule has 2 fully saturated rings. The number of hydrogen-bond donors (Lipinski definition) is 7. The molecular formula is C14H26O10. The lowest BCUT2D eigenvalue weighted by Crippen LogP contribution is -2.59. The Hall–Kier alpha value is -0.400. The van der Waals surface area contributed by atoms with Crippen molar-refractivity contribution in [2.75, 3.05) is 26.4 Å². The fourth-order valence-corrected chi connectivity index (χ4v) is 3.07. The summed E-state index contributed by atoms with van der Waals surface area (Å²) in [5.41, 5.74) is 0. The van der Waals surface area contributed by atoms with Crippen LogP contribution in [0.2, 0.25) is 0 Å². The summed E-state index contributed by atoms with van der Waals surface area (Å²) >= 11 is 0. The van der Waals surface area contributed by atoms with Gasteiger partial charge in [0.1, 0.15) is 36.6 Å². The van der Waals surface area contributed by atoms with Crippen molar-refractivity contribution < 1.29 is 50.0 Å². The van der Waals surface area contributed by atoms with Crippen molar-refractivity contribution in [1.29, 1.82) is 0 Å². The molecule has 6 unspecified atom stereocenters. The quantitative estimate of drug-likeness (QED) is 0.249.